The second-order valence-corrected chi connectivity index (χ2v) is 5.33. The van der Waals surface area contributed by atoms with Crippen molar-refractivity contribution in [3.8, 4) is 11.6 Å². The number of ether oxygens (including phenoxy) is 1. The van der Waals surface area contributed by atoms with Gasteiger partial charge in [0, 0.05) is 23.5 Å². The maximum Gasteiger partial charge on any atom is 0.416 e. The molecule has 132 valence electrons. The van der Waals surface area contributed by atoms with Crippen LogP contribution in [0, 0.1) is 0 Å². The third kappa shape index (κ3) is 4.38. The average Bonchev–Trinajstić information content (AvgIpc) is 2.62. The zero-order chi connectivity index (χ0) is 18.6. The van der Waals surface area contributed by atoms with Crippen LogP contribution in [0.25, 0.3) is 0 Å². The number of anilines is 1. The molecule has 7 heteroatoms. The molecule has 3 aromatic rings. The molecule has 4 nitrogen and oxygen atoms in total. The van der Waals surface area contributed by atoms with Gasteiger partial charge in [-0.25, -0.2) is 4.98 Å². The van der Waals surface area contributed by atoms with Crippen LogP contribution in [0.4, 0.5) is 18.9 Å². The fourth-order valence-corrected chi connectivity index (χ4v) is 2.21. The van der Waals surface area contributed by atoms with Crippen LogP contribution in [0.3, 0.4) is 0 Å². The van der Waals surface area contributed by atoms with E-state index in [0.717, 1.165) is 12.1 Å². The summed E-state index contributed by atoms with van der Waals surface area (Å²) in [5, 5.41) is 2.45. The van der Waals surface area contributed by atoms with Gasteiger partial charge >= 0.3 is 6.18 Å². The average molecular weight is 358 g/mol. The lowest BCUT2D eigenvalue weighted by Gasteiger charge is -2.10. The number of benzene rings is 2. The predicted molar refractivity (Wildman–Crippen MR) is 90.2 cm³/mol. The van der Waals surface area contributed by atoms with Crippen molar-refractivity contribution in [2.75, 3.05) is 5.32 Å². The molecule has 0 aliphatic carbocycles. The topological polar surface area (TPSA) is 51.2 Å². The first-order chi connectivity index (χ1) is 12.4. The fourth-order valence-electron chi connectivity index (χ4n) is 2.21. The molecular weight excluding hydrogens is 345 g/mol. The van der Waals surface area contributed by atoms with Gasteiger partial charge < -0.3 is 10.1 Å². The summed E-state index contributed by atoms with van der Waals surface area (Å²) in [5.74, 6) is 0.208. The Labute approximate surface area is 147 Å². The van der Waals surface area contributed by atoms with Crippen LogP contribution in [-0.4, -0.2) is 10.9 Å². The molecule has 0 unspecified atom stereocenters. The minimum absolute atomic E-state index is 0.0564. The predicted octanol–water partition coefficient (Wildman–Crippen LogP) is 5.15. The molecule has 3 rings (SSSR count). The number of pyridine rings is 1. The fraction of sp³-hybridized carbons (Fsp3) is 0.0526. The summed E-state index contributed by atoms with van der Waals surface area (Å²) < 4.78 is 43.8. The van der Waals surface area contributed by atoms with Crippen molar-refractivity contribution in [1.29, 1.82) is 0 Å². The first-order valence-corrected chi connectivity index (χ1v) is 7.59. The highest BCUT2D eigenvalue weighted by atomic mass is 19.4. The standard InChI is InChI=1S/C19H13F3N2O2/c20-19(21,22)14-6-4-7-15(12-14)24-18(25)13-5-3-8-16(11-13)26-17-9-1-2-10-23-17/h1-12H,(H,24,25). The second-order valence-electron chi connectivity index (χ2n) is 5.33. The summed E-state index contributed by atoms with van der Waals surface area (Å²) in [7, 11) is 0. The first kappa shape index (κ1) is 17.5. The van der Waals surface area contributed by atoms with E-state index in [4.69, 9.17) is 4.74 Å². The van der Waals surface area contributed by atoms with Crippen LogP contribution in [0.2, 0.25) is 0 Å². The Morgan fingerprint density at radius 1 is 0.962 bits per heavy atom. The van der Waals surface area contributed by atoms with Gasteiger partial charge in [0.25, 0.3) is 5.91 Å². The summed E-state index contributed by atoms with van der Waals surface area (Å²) in [6.45, 7) is 0. The quantitative estimate of drug-likeness (QED) is 0.702. The van der Waals surface area contributed by atoms with Gasteiger partial charge in [-0.3, -0.25) is 4.79 Å². The number of alkyl halides is 3. The number of halogens is 3. The number of rotatable bonds is 4. The van der Waals surface area contributed by atoms with E-state index in [1.807, 2.05) is 0 Å². The minimum Gasteiger partial charge on any atom is -0.439 e. The molecule has 0 fully saturated rings. The van der Waals surface area contributed by atoms with Crippen LogP contribution in [0.5, 0.6) is 11.6 Å². The van der Waals surface area contributed by atoms with E-state index in [9.17, 15) is 18.0 Å². The van der Waals surface area contributed by atoms with Crippen molar-refractivity contribution < 1.29 is 22.7 Å². The Kier molecular flexibility index (Phi) is 4.88. The number of nitrogens with one attached hydrogen (secondary N) is 1. The molecule has 0 saturated heterocycles. The smallest absolute Gasteiger partial charge is 0.416 e. The first-order valence-electron chi connectivity index (χ1n) is 7.59. The molecule has 0 aliphatic rings. The highest BCUT2D eigenvalue weighted by Crippen LogP contribution is 2.30. The molecule has 0 saturated carbocycles. The summed E-state index contributed by atoms with van der Waals surface area (Å²) in [4.78, 5) is 16.3. The van der Waals surface area contributed by atoms with Gasteiger partial charge in [-0.15, -0.1) is 0 Å². The number of amides is 1. The van der Waals surface area contributed by atoms with E-state index in [1.54, 1.807) is 36.5 Å². The Hall–Kier alpha value is -3.35. The summed E-state index contributed by atoms with van der Waals surface area (Å²) in [5.41, 5.74) is -0.528. The summed E-state index contributed by atoms with van der Waals surface area (Å²) >= 11 is 0. The van der Waals surface area contributed by atoms with E-state index in [1.165, 1.54) is 24.3 Å². The van der Waals surface area contributed by atoms with Crippen molar-refractivity contribution in [2.45, 2.75) is 6.18 Å². The molecule has 1 N–H and O–H groups in total. The monoisotopic (exact) mass is 358 g/mol. The Bertz CT molecular complexity index is 912. The largest absolute Gasteiger partial charge is 0.439 e. The molecule has 0 spiro atoms. The third-order valence-electron chi connectivity index (χ3n) is 3.40. The second kappa shape index (κ2) is 7.26. The van der Waals surface area contributed by atoms with Gasteiger partial charge in [0.1, 0.15) is 5.75 Å². The van der Waals surface area contributed by atoms with Crippen molar-refractivity contribution in [3.05, 3.63) is 84.1 Å². The van der Waals surface area contributed by atoms with Crippen LogP contribution < -0.4 is 10.1 Å². The maximum absolute atomic E-state index is 12.8. The van der Waals surface area contributed by atoms with Crippen molar-refractivity contribution in [1.82, 2.24) is 4.98 Å². The summed E-state index contributed by atoms with van der Waals surface area (Å²) in [6, 6.07) is 15.9. The van der Waals surface area contributed by atoms with Gasteiger partial charge in [-0.1, -0.05) is 18.2 Å². The van der Waals surface area contributed by atoms with E-state index in [-0.39, 0.29) is 11.3 Å². The number of aromatic nitrogens is 1. The molecule has 1 aromatic heterocycles. The molecule has 0 aliphatic heterocycles. The Morgan fingerprint density at radius 2 is 1.77 bits per heavy atom. The van der Waals surface area contributed by atoms with Crippen LogP contribution >= 0.6 is 0 Å². The molecule has 26 heavy (non-hydrogen) atoms. The van der Waals surface area contributed by atoms with Crippen molar-refractivity contribution in [2.24, 2.45) is 0 Å². The van der Waals surface area contributed by atoms with E-state index >= 15 is 0 Å². The highest BCUT2D eigenvalue weighted by Gasteiger charge is 2.30. The van der Waals surface area contributed by atoms with Crippen LogP contribution in [0.1, 0.15) is 15.9 Å². The maximum atomic E-state index is 12.8. The summed E-state index contributed by atoms with van der Waals surface area (Å²) in [6.07, 6.45) is -2.91. The van der Waals surface area contributed by atoms with E-state index in [2.05, 4.69) is 10.3 Å². The molecule has 0 bridgehead atoms. The van der Waals surface area contributed by atoms with E-state index in [0.29, 0.717) is 11.6 Å². The third-order valence-corrected chi connectivity index (χ3v) is 3.40. The normalized spacial score (nSPS) is 11.0. The lowest BCUT2D eigenvalue weighted by Crippen LogP contribution is -2.13. The van der Waals surface area contributed by atoms with Crippen LogP contribution in [0.15, 0.2) is 72.9 Å². The number of carbonyl (C=O) groups is 1. The highest BCUT2D eigenvalue weighted by molar-refractivity contribution is 6.04. The minimum atomic E-state index is -4.48. The van der Waals surface area contributed by atoms with Gasteiger partial charge in [-0.2, -0.15) is 13.2 Å². The number of nitrogens with zero attached hydrogens (tertiary/aromatic N) is 1. The van der Waals surface area contributed by atoms with Gasteiger partial charge in [0.2, 0.25) is 5.88 Å². The number of carbonyl (C=O) groups excluding carboxylic acids is 1. The zero-order valence-electron chi connectivity index (χ0n) is 13.3. The van der Waals surface area contributed by atoms with Crippen molar-refractivity contribution >= 4 is 11.6 Å². The lowest BCUT2D eigenvalue weighted by molar-refractivity contribution is -0.137. The zero-order valence-corrected chi connectivity index (χ0v) is 13.3. The molecule has 1 amide bonds. The molecular formula is C19H13F3N2O2. The van der Waals surface area contributed by atoms with Gasteiger partial charge in [0.05, 0.1) is 5.56 Å². The number of hydrogen-bond acceptors (Lipinski definition) is 3. The molecule has 0 radical (unpaired) electrons. The Balaban J connectivity index is 1.75. The van der Waals surface area contributed by atoms with E-state index < -0.39 is 17.6 Å². The lowest BCUT2D eigenvalue weighted by atomic mass is 10.1. The molecule has 0 atom stereocenters. The molecule has 1 heterocycles. The van der Waals surface area contributed by atoms with Crippen LogP contribution in [-0.2, 0) is 6.18 Å². The van der Waals surface area contributed by atoms with Crippen molar-refractivity contribution in [3.63, 3.8) is 0 Å². The van der Waals surface area contributed by atoms with Gasteiger partial charge in [-0.05, 0) is 42.5 Å². The Morgan fingerprint density at radius 3 is 2.50 bits per heavy atom. The number of hydrogen-bond donors (Lipinski definition) is 1. The molecule has 2 aromatic carbocycles. The SMILES string of the molecule is O=C(Nc1cccc(C(F)(F)F)c1)c1cccc(Oc2ccccn2)c1. The van der Waals surface area contributed by atoms with Gasteiger partial charge in [0.15, 0.2) is 0 Å².